The fraction of sp³-hybridized carbons (Fsp3) is 1.00. The number of hydrogen-bond acceptors (Lipinski definition) is 2. The highest BCUT2D eigenvalue weighted by Crippen LogP contribution is 2.45. The smallest absolute Gasteiger partial charge is 0.0496 e. The highest BCUT2D eigenvalue weighted by atomic mass is 16.5. The van der Waals surface area contributed by atoms with Crippen LogP contribution in [0.4, 0.5) is 0 Å². The van der Waals surface area contributed by atoms with Crippen molar-refractivity contribution in [3.63, 3.8) is 0 Å². The maximum absolute atomic E-state index is 5.12. The molecule has 0 aliphatic heterocycles. The van der Waals surface area contributed by atoms with Gasteiger partial charge in [-0.15, -0.1) is 0 Å². The van der Waals surface area contributed by atoms with Gasteiger partial charge >= 0.3 is 0 Å². The van der Waals surface area contributed by atoms with E-state index in [2.05, 4.69) is 19.2 Å². The van der Waals surface area contributed by atoms with Gasteiger partial charge < -0.3 is 10.1 Å². The maximum Gasteiger partial charge on any atom is 0.0496 e. The van der Waals surface area contributed by atoms with E-state index in [4.69, 9.17) is 4.74 Å². The van der Waals surface area contributed by atoms with Gasteiger partial charge in [0, 0.05) is 13.7 Å². The third-order valence-electron chi connectivity index (χ3n) is 2.75. The third kappa shape index (κ3) is 4.10. The Kier molecular flexibility index (Phi) is 7.29. The fourth-order valence-corrected chi connectivity index (χ4v) is 1.75. The first-order chi connectivity index (χ1) is 6.31. The second kappa shape index (κ2) is 7.34. The SMILES string of the molecule is CC.CCNCC1C(C)C1COC. The molecule has 1 rings (SSSR count). The van der Waals surface area contributed by atoms with Gasteiger partial charge in [0.15, 0.2) is 0 Å². The first-order valence-corrected chi connectivity index (χ1v) is 5.50. The van der Waals surface area contributed by atoms with Crippen LogP contribution in [-0.4, -0.2) is 26.8 Å². The molecule has 1 fully saturated rings. The minimum atomic E-state index is 0.819. The summed E-state index contributed by atoms with van der Waals surface area (Å²) in [5.74, 6) is 2.56. The monoisotopic (exact) mass is 187 g/mol. The molecule has 1 saturated carbocycles. The summed E-state index contributed by atoms with van der Waals surface area (Å²) in [5, 5.41) is 3.37. The van der Waals surface area contributed by atoms with Gasteiger partial charge in [-0.25, -0.2) is 0 Å². The number of ether oxygens (including phenoxy) is 1. The molecule has 2 heteroatoms. The second-order valence-corrected chi connectivity index (χ2v) is 3.45. The molecule has 1 N–H and O–H groups in total. The van der Waals surface area contributed by atoms with Gasteiger partial charge in [-0.2, -0.15) is 0 Å². The molecular formula is C11H25NO. The molecule has 1 aliphatic carbocycles. The molecule has 0 aromatic rings. The Bertz CT molecular complexity index is 117. The van der Waals surface area contributed by atoms with Gasteiger partial charge in [-0.3, -0.25) is 0 Å². The van der Waals surface area contributed by atoms with Crippen molar-refractivity contribution in [3.05, 3.63) is 0 Å². The van der Waals surface area contributed by atoms with E-state index in [0.29, 0.717) is 0 Å². The number of nitrogens with one attached hydrogen (secondary N) is 1. The van der Waals surface area contributed by atoms with Crippen molar-refractivity contribution in [3.8, 4) is 0 Å². The predicted molar refractivity (Wildman–Crippen MR) is 57.9 cm³/mol. The lowest BCUT2D eigenvalue weighted by Crippen LogP contribution is -2.17. The summed E-state index contributed by atoms with van der Waals surface area (Å²) in [6.07, 6.45) is 0. The summed E-state index contributed by atoms with van der Waals surface area (Å²) < 4.78 is 5.12. The molecule has 0 aromatic heterocycles. The quantitative estimate of drug-likeness (QED) is 0.712. The third-order valence-corrected chi connectivity index (χ3v) is 2.75. The summed E-state index contributed by atoms with van der Waals surface area (Å²) in [7, 11) is 1.79. The number of hydrogen-bond donors (Lipinski definition) is 1. The minimum Gasteiger partial charge on any atom is -0.384 e. The van der Waals surface area contributed by atoms with Gasteiger partial charge in [0.25, 0.3) is 0 Å². The van der Waals surface area contributed by atoms with E-state index < -0.39 is 0 Å². The van der Waals surface area contributed by atoms with E-state index in [-0.39, 0.29) is 0 Å². The first-order valence-electron chi connectivity index (χ1n) is 5.50. The molecule has 0 saturated heterocycles. The van der Waals surface area contributed by atoms with Crippen molar-refractivity contribution in [1.29, 1.82) is 0 Å². The first kappa shape index (κ1) is 12.9. The maximum atomic E-state index is 5.12. The van der Waals surface area contributed by atoms with Gasteiger partial charge in [-0.1, -0.05) is 27.7 Å². The molecule has 3 atom stereocenters. The summed E-state index contributed by atoms with van der Waals surface area (Å²) >= 11 is 0. The lowest BCUT2D eigenvalue weighted by atomic mass is 10.3. The van der Waals surface area contributed by atoms with E-state index in [1.165, 1.54) is 6.54 Å². The number of rotatable bonds is 5. The second-order valence-electron chi connectivity index (χ2n) is 3.45. The van der Waals surface area contributed by atoms with Gasteiger partial charge in [-0.05, 0) is 30.8 Å². The van der Waals surface area contributed by atoms with Crippen LogP contribution in [0, 0.1) is 17.8 Å². The minimum absolute atomic E-state index is 0.819. The molecular weight excluding hydrogens is 162 g/mol. The molecule has 2 nitrogen and oxygen atoms in total. The standard InChI is InChI=1S/C9H19NO.C2H6/c1-4-10-5-8-7(2)9(8)6-11-3;1-2/h7-10H,4-6H2,1-3H3;1-2H3. The van der Waals surface area contributed by atoms with Crippen LogP contribution in [0.5, 0.6) is 0 Å². The van der Waals surface area contributed by atoms with Gasteiger partial charge in [0.2, 0.25) is 0 Å². The average Bonchev–Trinajstić information content (AvgIpc) is 2.77. The summed E-state index contributed by atoms with van der Waals surface area (Å²) in [5.41, 5.74) is 0. The Morgan fingerprint density at radius 3 is 2.31 bits per heavy atom. The Hall–Kier alpha value is -0.0800. The van der Waals surface area contributed by atoms with Crippen LogP contribution in [0.1, 0.15) is 27.7 Å². The van der Waals surface area contributed by atoms with Crippen LogP contribution < -0.4 is 5.32 Å². The average molecular weight is 187 g/mol. The molecule has 0 bridgehead atoms. The van der Waals surface area contributed by atoms with Crippen molar-refractivity contribution in [2.75, 3.05) is 26.8 Å². The van der Waals surface area contributed by atoms with Crippen LogP contribution in [0.2, 0.25) is 0 Å². The van der Waals surface area contributed by atoms with Crippen LogP contribution in [0.3, 0.4) is 0 Å². The lowest BCUT2D eigenvalue weighted by Gasteiger charge is -1.98. The van der Waals surface area contributed by atoms with E-state index in [1.54, 1.807) is 7.11 Å². The molecule has 80 valence electrons. The van der Waals surface area contributed by atoms with Crippen LogP contribution in [0.25, 0.3) is 0 Å². The van der Waals surface area contributed by atoms with Crippen molar-refractivity contribution in [2.45, 2.75) is 27.7 Å². The zero-order chi connectivity index (χ0) is 10.3. The fourth-order valence-electron chi connectivity index (χ4n) is 1.75. The Labute approximate surface area is 83.1 Å². The van der Waals surface area contributed by atoms with E-state index in [0.717, 1.165) is 30.9 Å². The van der Waals surface area contributed by atoms with Crippen LogP contribution in [-0.2, 0) is 4.74 Å². The summed E-state index contributed by atoms with van der Waals surface area (Å²) in [6, 6.07) is 0. The lowest BCUT2D eigenvalue weighted by molar-refractivity contribution is 0.178. The molecule has 0 radical (unpaired) electrons. The highest BCUT2D eigenvalue weighted by Gasteiger charge is 2.45. The molecule has 0 spiro atoms. The Balaban J connectivity index is 0.000000671. The van der Waals surface area contributed by atoms with Crippen LogP contribution >= 0.6 is 0 Å². The molecule has 1 aliphatic rings. The zero-order valence-electron chi connectivity index (χ0n) is 9.76. The Morgan fingerprint density at radius 2 is 1.85 bits per heavy atom. The van der Waals surface area contributed by atoms with Gasteiger partial charge in [0.05, 0.1) is 0 Å². The molecule has 13 heavy (non-hydrogen) atoms. The summed E-state index contributed by atoms with van der Waals surface area (Å²) in [6.45, 7) is 11.7. The molecule has 0 aromatic carbocycles. The normalized spacial score (nSPS) is 30.7. The predicted octanol–water partition coefficient (Wildman–Crippen LogP) is 2.15. The molecule has 0 heterocycles. The molecule has 3 unspecified atom stereocenters. The van der Waals surface area contributed by atoms with E-state index in [9.17, 15) is 0 Å². The van der Waals surface area contributed by atoms with Crippen molar-refractivity contribution in [2.24, 2.45) is 17.8 Å². The molecule has 0 amide bonds. The topological polar surface area (TPSA) is 21.3 Å². The Morgan fingerprint density at radius 1 is 1.23 bits per heavy atom. The van der Waals surface area contributed by atoms with Gasteiger partial charge in [0.1, 0.15) is 0 Å². The summed E-state index contributed by atoms with van der Waals surface area (Å²) in [4.78, 5) is 0. The van der Waals surface area contributed by atoms with Crippen molar-refractivity contribution >= 4 is 0 Å². The number of methoxy groups -OCH3 is 1. The zero-order valence-corrected chi connectivity index (χ0v) is 9.76. The van der Waals surface area contributed by atoms with E-state index >= 15 is 0 Å². The largest absolute Gasteiger partial charge is 0.384 e. The van der Waals surface area contributed by atoms with E-state index in [1.807, 2.05) is 13.8 Å². The highest BCUT2D eigenvalue weighted by molar-refractivity contribution is 4.94. The van der Waals surface area contributed by atoms with Crippen LogP contribution in [0.15, 0.2) is 0 Å². The van der Waals surface area contributed by atoms with Crippen molar-refractivity contribution < 1.29 is 4.74 Å². The van der Waals surface area contributed by atoms with Crippen molar-refractivity contribution in [1.82, 2.24) is 5.32 Å².